The first kappa shape index (κ1) is 13.7. The molecule has 4 heteroatoms. The molecule has 1 aromatic carbocycles. The van der Waals surface area contributed by atoms with Crippen molar-refractivity contribution in [3.05, 3.63) is 35.1 Å². The Hall–Kier alpha value is -1.71. The Morgan fingerprint density at radius 3 is 2.84 bits per heavy atom. The molecule has 1 aliphatic heterocycles. The number of benzene rings is 1. The molecule has 1 heterocycles. The van der Waals surface area contributed by atoms with E-state index in [9.17, 15) is 14.0 Å². The Kier molecular flexibility index (Phi) is 3.98. The van der Waals surface area contributed by atoms with E-state index in [0.717, 1.165) is 12.0 Å². The fraction of sp³-hybridized carbons (Fsp3) is 0.467. The minimum Gasteiger partial charge on any atom is -0.337 e. The van der Waals surface area contributed by atoms with E-state index in [-0.39, 0.29) is 23.2 Å². The molecule has 102 valence electrons. The Morgan fingerprint density at radius 2 is 2.21 bits per heavy atom. The summed E-state index contributed by atoms with van der Waals surface area (Å²) in [6, 6.07) is 4.60. The lowest BCUT2D eigenvalue weighted by Crippen LogP contribution is -2.44. The van der Waals surface area contributed by atoms with Gasteiger partial charge >= 0.3 is 0 Å². The number of carbonyl (C=O) groups excluding carboxylic acids is 2. The van der Waals surface area contributed by atoms with Crippen LogP contribution in [0.3, 0.4) is 0 Å². The zero-order chi connectivity index (χ0) is 14.0. The van der Waals surface area contributed by atoms with Gasteiger partial charge < -0.3 is 4.90 Å². The number of amides is 1. The Labute approximate surface area is 112 Å². The molecule has 1 atom stereocenters. The highest BCUT2D eigenvalue weighted by molar-refractivity contribution is 5.96. The normalized spacial score (nSPS) is 19.6. The molecule has 1 amide bonds. The highest BCUT2D eigenvalue weighted by Gasteiger charge is 2.29. The lowest BCUT2D eigenvalue weighted by Gasteiger charge is -2.31. The number of carbonyl (C=O) groups is 2. The Balaban J connectivity index is 2.18. The van der Waals surface area contributed by atoms with Gasteiger partial charge in [-0.25, -0.2) is 4.39 Å². The molecular weight excluding hydrogens is 245 g/mol. The summed E-state index contributed by atoms with van der Waals surface area (Å²) < 4.78 is 13.8. The first-order valence-corrected chi connectivity index (χ1v) is 6.61. The Morgan fingerprint density at radius 1 is 1.47 bits per heavy atom. The standard InChI is InChI=1S/C15H18FNO2/c1-3-11-9-17(7-6-14(11)18)15(19)12-5-4-10(2)8-13(12)16/h4-5,8,11H,3,6-7,9H2,1-2H3. The summed E-state index contributed by atoms with van der Waals surface area (Å²) in [4.78, 5) is 25.5. The third kappa shape index (κ3) is 2.83. The fourth-order valence-electron chi connectivity index (χ4n) is 2.41. The van der Waals surface area contributed by atoms with Crippen LogP contribution in [-0.2, 0) is 4.79 Å². The first-order valence-electron chi connectivity index (χ1n) is 6.61. The average molecular weight is 263 g/mol. The van der Waals surface area contributed by atoms with Gasteiger partial charge in [0.05, 0.1) is 5.56 Å². The molecule has 3 nitrogen and oxygen atoms in total. The summed E-state index contributed by atoms with van der Waals surface area (Å²) in [5, 5.41) is 0. The molecule has 2 rings (SSSR count). The van der Waals surface area contributed by atoms with Crippen molar-refractivity contribution in [2.75, 3.05) is 13.1 Å². The van der Waals surface area contributed by atoms with Crippen molar-refractivity contribution >= 4 is 11.7 Å². The molecule has 0 saturated carbocycles. The van der Waals surface area contributed by atoms with E-state index in [4.69, 9.17) is 0 Å². The second-order valence-electron chi connectivity index (χ2n) is 5.06. The van der Waals surface area contributed by atoms with Crippen LogP contribution in [0.4, 0.5) is 4.39 Å². The van der Waals surface area contributed by atoms with Crippen molar-refractivity contribution < 1.29 is 14.0 Å². The molecule has 0 aromatic heterocycles. The van der Waals surface area contributed by atoms with Gasteiger partial charge in [-0.1, -0.05) is 13.0 Å². The first-order chi connectivity index (χ1) is 9.02. The van der Waals surface area contributed by atoms with Crippen molar-refractivity contribution in [2.24, 2.45) is 5.92 Å². The monoisotopic (exact) mass is 263 g/mol. The van der Waals surface area contributed by atoms with Crippen LogP contribution < -0.4 is 0 Å². The number of rotatable bonds is 2. The van der Waals surface area contributed by atoms with Crippen molar-refractivity contribution in [1.29, 1.82) is 0 Å². The summed E-state index contributed by atoms with van der Waals surface area (Å²) in [5.74, 6) is -0.708. The van der Waals surface area contributed by atoms with Crippen LogP contribution in [0.5, 0.6) is 0 Å². The number of likely N-dealkylation sites (tertiary alicyclic amines) is 1. The number of nitrogens with zero attached hydrogens (tertiary/aromatic N) is 1. The van der Waals surface area contributed by atoms with Gasteiger partial charge in [-0.2, -0.15) is 0 Å². The molecule has 0 bridgehead atoms. The summed E-state index contributed by atoms with van der Waals surface area (Å²) >= 11 is 0. The van der Waals surface area contributed by atoms with Gasteiger partial charge in [0, 0.05) is 25.4 Å². The highest BCUT2D eigenvalue weighted by atomic mass is 19.1. The summed E-state index contributed by atoms with van der Waals surface area (Å²) in [7, 11) is 0. The summed E-state index contributed by atoms with van der Waals surface area (Å²) in [6.45, 7) is 4.51. The van der Waals surface area contributed by atoms with Gasteiger partial charge in [0.2, 0.25) is 0 Å². The van der Waals surface area contributed by atoms with Crippen LogP contribution in [0.25, 0.3) is 0 Å². The second kappa shape index (κ2) is 5.51. The summed E-state index contributed by atoms with van der Waals surface area (Å²) in [6.07, 6.45) is 1.09. The topological polar surface area (TPSA) is 37.4 Å². The van der Waals surface area contributed by atoms with E-state index in [2.05, 4.69) is 0 Å². The minimum absolute atomic E-state index is 0.0924. The molecule has 0 N–H and O–H groups in total. The third-order valence-electron chi connectivity index (χ3n) is 3.66. The molecule has 1 aromatic rings. The Bertz CT molecular complexity index is 513. The predicted octanol–water partition coefficient (Wildman–Crippen LogP) is 2.58. The molecular formula is C15H18FNO2. The van der Waals surface area contributed by atoms with E-state index in [0.29, 0.717) is 19.5 Å². The molecule has 0 spiro atoms. The van der Waals surface area contributed by atoms with Gasteiger partial charge in [0.25, 0.3) is 5.91 Å². The van der Waals surface area contributed by atoms with E-state index in [1.54, 1.807) is 17.9 Å². The number of halogens is 1. The SMILES string of the molecule is CCC1CN(C(=O)c2ccc(C)cc2F)CCC1=O. The number of ketones is 1. The highest BCUT2D eigenvalue weighted by Crippen LogP contribution is 2.20. The van der Waals surface area contributed by atoms with E-state index >= 15 is 0 Å². The van der Waals surface area contributed by atoms with Gasteiger partial charge in [0.1, 0.15) is 11.6 Å². The molecule has 0 aliphatic carbocycles. The molecule has 19 heavy (non-hydrogen) atoms. The molecule has 1 fully saturated rings. The van der Waals surface area contributed by atoms with E-state index in [1.807, 2.05) is 6.92 Å². The largest absolute Gasteiger partial charge is 0.337 e. The predicted molar refractivity (Wildman–Crippen MR) is 70.4 cm³/mol. The maximum absolute atomic E-state index is 13.8. The van der Waals surface area contributed by atoms with Crippen LogP contribution in [0.15, 0.2) is 18.2 Å². The second-order valence-corrected chi connectivity index (χ2v) is 5.06. The number of aryl methyl sites for hydroxylation is 1. The zero-order valence-corrected chi connectivity index (χ0v) is 11.3. The van der Waals surface area contributed by atoms with Gasteiger partial charge in [-0.05, 0) is 31.0 Å². The molecule has 0 radical (unpaired) electrons. The zero-order valence-electron chi connectivity index (χ0n) is 11.3. The van der Waals surface area contributed by atoms with Crippen LogP contribution in [0.2, 0.25) is 0 Å². The maximum Gasteiger partial charge on any atom is 0.256 e. The van der Waals surface area contributed by atoms with Crippen molar-refractivity contribution in [3.63, 3.8) is 0 Å². The smallest absolute Gasteiger partial charge is 0.256 e. The molecule has 1 saturated heterocycles. The fourth-order valence-corrected chi connectivity index (χ4v) is 2.41. The summed E-state index contributed by atoms with van der Waals surface area (Å²) in [5.41, 5.74) is 0.879. The maximum atomic E-state index is 13.8. The van der Waals surface area contributed by atoms with Gasteiger partial charge in [0.15, 0.2) is 0 Å². The molecule has 1 aliphatic rings. The van der Waals surface area contributed by atoms with Crippen molar-refractivity contribution in [1.82, 2.24) is 4.90 Å². The van der Waals surface area contributed by atoms with Gasteiger partial charge in [-0.15, -0.1) is 0 Å². The number of hydrogen-bond acceptors (Lipinski definition) is 2. The van der Waals surface area contributed by atoms with Crippen molar-refractivity contribution in [3.8, 4) is 0 Å². The van der Waals surface area contributed by atoms with Crippen molar-refractivity contribution in [2.45, 2.75) is 26.7 Å². The van der Waals surface area contributed by atoms with Crippen LogP contribution in [0.1, 0.15) is 35.7 Å². The lowest BCUT2D eigenvalue weighted by molar-refractivity contribution is -0.125. The lowest BCUT2D eigenvalue weighted by atomic mass is 9.93. The van der Waals surface area contributed by atoms with Crippen LogP contribution in [-0.4, -0.2) is 29.7 Å². The number of hydrogen-bond donors (Lipinski definition) is 0. The minimum atomic E-state index is -0.491. The van der Waals surface area contributed by atoms with E-state index in [1.165, 1.54) is 12.1 Å². The van der Waals surface area contributed by atoms with E-state index < -0.39 is 5.82 Å². The number of piperidine rings is 1. The van der Waals surface area contributed by atoms with Gasteiger partial charge in [-0.3, -0.25) is 9.59 Å². The number of Topliss-reactive ketones (excluding diaryl/α,β-unsaturated/α-hetero) is 1. The van der Waals surface area contributed by atoms with Crippen LogP contribution in [0, 0.1) is 18.7 Å². The quantitative estimate of drug-likeness (QED) is 0.822. The molecule has 1 unspecified atom stereocenters. The average Bonchev–Trinajstić information content (AvgIpc) is 2.38. The third-order valence-corrected chi connectivity index (χ3v) is 3.66. The van der Waals surface area contributed by atoms with Crippen LogP contribution >= 0.6 is 0 Å².